The van der Waals surface area contributed by atoms with E-state index < -0.39 is 0 Å². The quantitative estimate of drug-likeness (QED) is 0.888. The van der Waals surface area contributed by atoms with Gasteiger partial charge < -0.3 is 10.2 Å². The molecule has 20 heavy (non-hydrogen) atoms. The Morgan fingerprint density at radius 2 is 2.10 bits per heavy atom. The van der Waals surface area contributed by atoms with Gasteiger partial charge in [-0.3, -0.25) is 4.79 Å². The molecule has 5 heteroatoms. The van der Waals surface area contributed by atoms with Gasteiger partial charge in [0.15, 0.2) is 0 Å². The lowest BCUT2D eigenvalue weighted by atomic mass is 10.0. The molecule has 108 valence electrons. The molecule has 1 amide bonds. The van der Waals surface area contributed by atoms with Crippen LogP contribution in [0, 0.1) is 17.2 Å². The molecule has 1 aliphatic rings. The van der Waals surface area contributed by atoms with Crippen LogP contribution in [0.2, 0.25) is 0 Å². The highest BCUT2D eigenvalue weighted by molar-refractivity contribution is 7.16. The Bertz CT molecular complexity index is 554. The fourth-order valence-electron chi connectivity index (χ4n) is 2.45. The molecule has 1 aliphatic heterocycles. The van der Waals surface area contributed by atoms with Crippen molar-refractivity contribution < 1.29 is 9.69 Å². The third kappa shape index (κ3) is 2.87. The van der Waals surface area contributed by atoms with Crippen molar-refractivity contribution in [2.24, 2.45) is 5.92 Å². The maximum atomic E-state index is 11.8. The molecule has 0 radical (unpaired) electrons. The van der Waals surface area contributed by atoms with Crippen molar-refractivity contribution in [2.45, 2.75) is 46.7 Å². The van der Waals surface area contributed by atoms with Crippen molar-refractivity contribution in [2.75, 3.05) is 11.9 Å². The summed E-state index contributed by atoms with van der Waals surface area (Å²) in [5, 5.41) is 13.0. The van der Waals surface area contributed by atoms with E-state index in [1.807, 2.05) is 13.8 Å². The van der Waals surface area contributed by atoms with Crippen LogP contribution in [0.3, 0.4) is 0 Å². The summed E-state index contributed by atoms with van der Waals surface area (Å²) in [6.45, 7) is 10.2. The van der Waals surface area contributed by atoms with Crippen LogP contribution in [0.15, 0.2) is 0 Å². The number of anilines is 1. The van der Waals surface area contributed by atoms with Crippen LogP contribution in [0.4, 0.5) is 5.00 Å². The number of amides is 1. The minimum absolute atomic E-state index is 0.0202. The molecular weight excluding hydrogens is 270 g/mol. The Morgan fingerprint density at radius 3 is 2.65 bits per heavy atom. The second-order valence-corrected chi connectivity index (χ2v) is 7.06. The number of thiophene rings is 1. The second-order valence-electron chi connectivity index (χ2n) is 5.95. The average Bonchev–Trinajstić information content (AvgIpc) is 2.74. The van der Waals surface area contributed by atoms with Crippen molar-refractivity contribution in [3.8, 4) is 6.07 Å². The number of nitriles is 1. The zero-order chi connectivity index (χ0) is 14.9. The lowest BCUT2D eigenvalue weighted by molar-refractivity contribution is -0.936. The van der Waals surface area contributed by atoms with Gasteiger partial charge in [0, 0.05) is 12.3 Å². The molecule has 2 rings (SSSR count). The summed E-state index contributed by atoms with van der Waals surface area (Å²) in [6, 6.07) is 2.87. The van der Waals surface area contributed by atoms with Crippen molar-refractivity contribution in [1.29, 1.82) is 5.26 Å². The number of rotatable bonds is 3. The number of nitrogens with one attached hydrogen (secondary N) is 2. The van der Waals surface area contributed by atoms with Crippen molar-refractivity contribution in [1.82, 2.24) is 0 Å². The van der Waals surface area contributed by atoms with Crippen molar-refractivity contribution in [3.63, 3.8) is 0 Å². The van der Waals surface area contributed by atoms with E-state index in [0.717, 1.165) is 30.1 Å². The molecule has 0 spiro atoms. The fraction of sp³-hybridized carbons (Fsp3) is 0.600. The Morgan fingerprint density at radius 1 is 1.40 bits per heavy atom. The predicted octanol–water partition coefficient (Wildman–Crippen LogP) is 1.56. The average molecular weight is 292 g/mol. The number of carbonyl (C=O) groups is 1. The van der Waals surface area contributed by atoms with Crippen LogP contribution >= 0.6 is 11.3 Å². The molecule has 1 unspecified atom stereocenters. The van der Waals surface area contributed by atoms with Gasteiger partial charge in [0.25, 0.3) is 0 Å². The topological polar surface area (TPSA) is 57.3 Å². The van der Waals surface area contributed by atoms with E-state index in [1.165, 1.54) is 4.88 Å². The largest absolute Gasteiger partial charge is 0.328 e. The van der Waals surface area contributed by atoms with Gasteiger partial charge in [0.2, 0.25) is 5.91 Å². The summed E-state index contributed by atoms with van der Waals surface area (Å²) in [6.07, 6.45) is 0.930. The summed E-state index contributed by atoms with van der Waals surface area (Å²) in [5.74, 6) is -0.0911. The minimum atomic E-state index is -0.0709. The van der Waals surface area contributed by atoms with Gasteiger partial charge in [-0.1, -0.05) is 13.8 Å². The van der Waals surface area contributed by atoms with Gasteiger partial charge in [-0.25, -0.2) is 0 Å². The number of hydrogen-bond donors (Lipinski definition) is 2. The maximum Gasteiger partial charge on any atom is 0.227 e. The second kappa shape index (κ2) is 5.94. The summed E-state index contributed by atoms with van der Waals surface area (Å²) in [5.41, 5.74) is 1.84. The third-order valence-corrected chi connectivity index (χ3v) is 5.01. The smallest absolute Gasteiger partial charge is 0.227 e. The number of hydrogen-bond acceptors (Lipinski definition) is 3. The van der Waals surface area contributed by atoms with Crippen LogP contribution in [0.1, 0.15) is 43.7 Å². The van der Waals surface area contributed by atoms with Gasteiger partial charge in [-0.2, -0.15) is 5.26 Å². The highest BCUT2D eigenvalue weighted by Crippen LogP contribution is 2.34. The van der Waals surface area contributed by atoms with Crippen molar-refractivity contribution >= 4 is 22.2 Å². The summed E-state index contributed by atoms with van der Waals surface area (Å²) in [7, 11) is 0. The van der Waals surface area contributed by atoms with Crippen LogP contribution < -0.4 is 10.2 Å². The fourth-order valence-corrected chi connectivity index (χ4v) is 3.71. The standard InChI is InChI=1S/C15H21N3OS/c1-9(2)14(19)17-15-12(7-16)11-5-6-18(10(3)4)8-13(11)20-15/h9-10H,5-6,8H2,1-4H3,(H,17,19)/p+1. The molecule has 1 aromatic heterocycles. The molecular formula is C15H22N3OS+. The molecule has 0 saturated heterocycles. The molecule has 0 bridgehead atoms. The number of nitrogens with zero attached hydrogens (tertiary/aromatic N) is 1. The number of carbonyl (C=O) groups excluding carboxylic acids is 1. The van der Waals surface area contributed by atoms with E-state index in [2.05, 4.69) is 25.2 Å². The van der Waals surface area contributed by atoms with E-state index in [-0.39, 0.29) is 11.8 Å². The molecule has 0 aromatic carbocycles. The van der Waals surface area contributed by atoms with E-state index >= 15 is 0 Å². The number of fused-ring (bicyclic) bond motifs is 1. The Kier molecular flexibility index (Phi) is 4.46. The highest BCUT2D eigenvalue weighted by Gasteiger charge is 2.28. The first kappa shape index (κ1) is 15.0. The SMILES string of the molecule is CC(C)C(=O)Nc1sc2c(c1C#N)CC[NH+](C(C)C)C2. The molecule has 0 aliphatic carbocycles. The van der Waals surface area contributed by atoms with E-state index in [9.17, 15) is 10.1 Å². The lowest BCUT2D eigenvalue weighted by Gasteiger charge is -2.27. The summed E-state index contributed by atoms with van der Waals surface area (Å²) in [4.78, 5) is 14.7. The van der Waals surface area contributed by atoms with E-state index in [0.29, 0.717) is 11.6 Å². The van der Waals surface area contributed by atoms with Crippen molar-refractivity contribution in [3.05, 3.63) is 16.0 Å². The van der Waals surface area contributed by atoms with Gasteiger partial charge in [-0.15, -0.1) is 11.3 Å². The highest BCUT2D eigenvalue weighted by atomic mass is 32.1. The van der Waals surface area contributed by atoms with Gasteiger partial charge in [0.1, 0.15) is 17.6 Å². The zero-order valence-corrected chi connectivity index (χ0v) is 13.4. The normalized spacial score (nSPS) is 17.9. The Hall–Kier alpha value is -1.38. The summed E-state index contributed by atoms with van der Waals surface area (Å²) >= 11 is 1.58. The molecule has 1 aromatic rings. The first-order valence-electron chi connectivity index (χ1n) is 7.14. The molecule has 2 heterocycles. The van der Waals surface area contributed by atoms with E-state index in [1.54, 1.807) is 16.2 Å². The van der Waals surface area contributed by atoms with Crippen LogP contribution in [-0.2, 0) is 17.8 Å². The minimum Gasteiger partial charge on any atom is -0.328 e. The van der Waals surface area contributed by atoms with Gasteiger partial charge in [0.05, 0.1) is 23.0 Å². The molecule has 0 saturated carbocycles. The number of quaternary nitrogens is 1. The Labute approximate surface area is 124 Å². The first-order valence-corrected chi connectivity index (χ1v) is 7.95. The lowest BCUT2D eigenvalue weighted by Crippen LogP contribution is -3.14. The Balaban J connectivity index is 2.29. The molecule has 4 nitrogen and oxygen atoms in total. The van der Waals surface area contributed by atoms with Gasteiger partial charge in [-0.05, 0) is 19.4 Å². The van der Waals surface area contributed by atoms with Crippen LogP contribution in [0.25, 0.3) is 0 Å². The van der Waals surface area contributed by atoms with Crippen LogP contribution in [0.5, 0.6) is 0 Å². The molecule has 1 atom stereocenters. The monoisotopic (exact) mass is 292 g/mol. The zero-order valence-electron chi connectivity index (χ0n) is 12.5. The third-order valence-electron chi connectivity index (χ3n) is 3.86. The van der Waals surface area contributed by atoms with Crippen LogP contribution in [-0.4, -0.2) is 18.5 Å². The van der Waals surface area contributed by atoms with E-state index in [4.69, 9.17) is 0 Å². The molecule has 2 N–H and O–H groups in total. The summed E-state index contributed by atoms with van der Waals surface area (Å²) < 4.78 is 0. The first-order chi connectivity index (χ1) is 9.43. The van der Waals surface area contributed by atoms with Gasteiger partial charge >= 0.3 is 0 Å². The molecule has 0 fully saturated rings. The predicted molar refractivity (Wildman–Crippen MR) is 80.9 cm³/mol. The maximum absolute atomic E-state index is 11.8.